The summed E-state index contributed by atoms with van der Waals surface area (Å²) in [4.78, 5) is 3.98. The average Bonchev–Trinajstić information content (AvgIpc) is 2.20. The van der Waals surface area contributed by atoms with Gasteiger partial charge in [-0.1, -0.05) is 6.92 Å². The van der Waals surface area contributed by atoms with Crippen LogP contribution >= 0.6 is 0 Å². The third kappa shape index (κ3) is 3.09. The molecular formula is C11H18N2O. The Morgan fingerprint density at radius 2 is 2.07 bits per heavy atom. The van der Waals surface area contributed by atoms with Gasteiger partial charge in [-0.15, -0.1) is 0 Å². The van der Waals surface area contributed by atoms with Crippen LogP contribution in [0.15, 0.2) is 24.5 Å². The summed E-state index contributed by atoms with van der Waals surface area (Å²) >= 11 is 0. The van der Waals surface area contributed by atoms with E-state index in [4.69, 9.17) is 10.5 Å². The Bertz CT molecular complexity index is 263. The lowest BCUT2D eigenvalue weighted by Gasteiger charge is -2.27. The molecule has 0 radical (unpaired) electrons. The van der Waals surface area contributed by atoms with E-state index >= 15 is 0 Å². The van der Waals surface area contributed by atoms with Gasteiger partial charge in [0.2, 0.25) is 0 Å². The first-order chi connectivity index (χ1) is 6.70. The van der Waals surface area contributed by atoms with E-state index in [-0.39, 0.29) is 5.54 Å². The van der Waals surface area contributed by atoms with Crippen molar-refractivity contribution >= 4 is 0 Å². The lowest BCUT2D eigenvalue weighted by Crippen LogP contribution is -2.45. The zero-order valence-electron chi connectivity index (χ0n) is 8.86. The first-order valence-electron chi connectivity index (χ1n) is 4.87. The summed E-state index contributed by atoms with van der Waals surface area (Å²) in [5, 5.41) is 0. The predicted molar refractivity (Wildman–Crippen MR) is 57.0 cm³/mol. The number of methoxy groups -OCH3 is 1. The van der Waals surface area contributed by atoms with Crippen molar-refractivity contribution in [3.63, 3.8) is 0 Å². The lowest BCUT2D eigenvalue weighted by molar-refractivity contribution is 0.129. The van der Waals surface area contributed by atoms with E-state index in [1.54, 1.807) is 19.5 Å². The molecule has 0 aromatic carbocycles. The minimum atomic E-state index is -0.254. The maximum atomic E-state index is 6.19. The molecule has 2 N–H and O–H groups in total. The van der Waals surface area contributed by atoms with Crippen molar-refractivity contribution in [2.75, 3.05) is 13.7 Å². The Hall–Kier alpha value is -0.930. The highest BCUT2D eigenvalue weighted by molar-refractivity contribution is 5.13. The Kier molecular flexibility index (Phi) is 4.04. The first-order valence-corrected chi connectivity index (χ1v) is 4.87. The SMILES string of the molecule is CCC(N)(COC)Cc1ccncc1. The molecule has 0 fully saturated rings. The third-order valence-corrected chi connectivity index (χ3v) is 2.44. The fourth-order valence-electron chi connectivity index (χ4n) is 1.47. The molecule has 1 rings (SSSR count). The van der Waals surface area contributed by atoms with Gasteiger partial charge in [0.15, 0.2) is 0 Å². The second-order valence-electron chi connectivity index (χ2n) is 3.68. The fraction of sp³-hybridized carbons (Fsp3) is 0.545. The molecule has 3 heteroatoms. The van der Waals surface area contributed by atoms with E-state index in [9.17, 15) is 0 Å². The van der Waals surface area contributed by atoms with Crippen LogP contribution < -0.4 is 5.73 Å². The standard InChI is InChI=1S/C11H18N2O/c1-3-11(12,9-14-2)8-10-4-6-13-7-5-10/h4-7H,3,8-9,12H2,1-2H3. The zero-order chi connectivity index (χ0) is 10.4. The molecule has 0 amide bonds. The number of nitrogens with two attached hydrogens (primary N) is 1. The lowest BCUT2D eigenvalue weighted by atomic mass is 9.90. The summed E-state index contributed by atoms with van der Waals surface area (Å²) in [6, 6.07) is 3.99. The summed E-state index contributed by atoms with van der Waals surface area (Å²) in [6.07, 6.45) is 5.32. The minimum Gasteiger partial charge on any atom is -0.383 e. The van der Waals surface area contributed by atoms with Crippen molar-refractivity contribution in [1.29, 1.82) is 0 Å². The van der Waals surface area contributed by atoms with Crippen molar-refractivity contribution < 1.29 is 4.74 Å². The van der Waals surface area contributed by atoms with Crippen LogP contribution in [0.25, 0.3) is 0 Å². The number of aromatic nitrogens is 1. The molecule has 1 aromatic rings. The van der Waals surface area contributed by atoms with Crippen molar-refractivity contribution in [3.05, 3.63) is 30.1 Å². The van der Waals surface area contributed by atoms with Crippen LogP contribution in [0.4, 0.5) is 0 Å². The number of nitrogens with zero attached hydrogens (tertiary/aromatic N) is 1. The van der Waals surface area contributed by atoms with Gasteiger partial charge in [-0.25, -0.2) is 0 Å². The molecular weight excluding hydrogens is 176 g/mol. The van der Waals surface area contributed by atoms with Crippen LogP contribution in [0.1, 0.15) is 18.9 Å². The number of pyridine rings is 1. The van der Waals surface area contributed by atoms with E-state index in [1.807, 2.05) is 12.1 Å². The molecule has 78 valence electrons. The first kappa shape index (κ1) is 11.1. The summed E-state index contributed by atoms with van der Waals surface area (Å²) in [6.45, 7) is 2.67. The van der Waals surface area contributed by atoms with Crippen LogP contribution in [-0.4, -0.2) is 24.2 Å². The summed E-state index contributed by atoms with van der Waals surface area (Å²) < 4.78 is 5.13. The van der Waals surface area contributed by atoms with Crippen LogP contribution in [0.5, 0.6) is 0 Å². The van der Waals surface area contributed by atoms with Gasteiger partial charge in [0.1, 0.15) is 0 Å². The largest absolute Gasteiger partial charge is 0.383 e. The monoisotopic (exact) mass is 194 g/mol. The molecule has 1 heterocycles. The molecule has 1 aromatic heterocycles. The van der Waals surface area contributed by atoms with E-state index in [0.717, 1.165) is 12.8 Å². The Labute approximate surface area is 85.3 Å². The topological polar surface area (TPSA) is 48.1 Å². The van der Waals surface area contributed by atoms with Gasteiger partial charge in [-0.05, 0) is 30.5 Å². The van der Waals surface area contributed by atoms with Gasteiger partial charge >= 0.3 is 0 Å². The van der Waals surface area contributed by atoms with Gasteiger partial charge in [-0.3, -0.25) is 4.98 Å². The van der Waals surface area contributed by atoms with Gasteiger partial charge in [-0.2, -0.15) is 0 Å². The van der Waals surface area contributed by atoms with Crippen molar-refractivity contribution in [1.82, 2.24) is 4.98 Å². The normalized spacial score (nSPS) is 15.1. The second kappa shape index (κ2) is 5.08. The molecule has 0 saturated heterocycles. The number of ether oxygens (including phenoxy) is 1. The number of hydrogen-bond donors (Lipinski definition) is 1. The van der Waals surface area contributed by atoms with Gasteiger partial charge < -0.3 is 10.5 Å². The van der Waals surface area contributed by atoms with Crippen molar-refractivity contribution in [2.24, 2.45) is 5.73 Å². The highest BCUT2D eigenvalue weighted by atomic mass is 16.5. The summed E-state index contributed by atoms with van der Waals surface area (Å²) in [5.74, 6) is 0. The van der Waals surface area contributed by atoms with Crippen LogP contribution in [-0.2, 0) is 11.2 Å². The van der Waals surface area contributed by atoms with Crippen molar-refractivity contribution in [2.45, 2.75) is 25.3 Å². The van der Waals surface area contributed by atoms with Crippen molar-refractivity contribution in [3.8, 4) is 0 Å². The molecule has 1 atom stereocenters. The minimum absolute atomic E-state index is 0.254. The summed E-state index contributed by atoms with van der Waals surface area (Å²) in [5.41, 5.74) is 7.15. The zero-order valence-corrected chi connectivity index (χ0v) is 8.86. The number of rotatable bonds is 5. The Balaban J connectivity index is 2.65. The second-order valence-corrected chi connectivity index (χ2v) is 3.68. The summed E-state index contributed by atoms with van der Waals surface area (Å²) in [7, 11) is 1.68. The average molecular weight is 194 g/mol. The maximum Gasteiger partial charge on any atom is 0.0645 e. The highest BCUT2D eigenvalue weighted by Crippen LogP contribution is 2.14. The maximum absolute atomic E-state index is 6.19. The van der Waals surface area contributed by atoms with E-state index in [2.05, 4.69) is 11.9 Å². The van der Waals surface area contributed by atoms with E-state index < -0.39 is 0 Å². The van der Waals surface area contributed by atoms with E-state index in [0.29, 0.717) is 6.61 Å². The molecule has 14 heavy (non-hydrogen) atoms. The molecule has 0 aliphatic heterocycles. The van der Waals surface area contributed by atoms with Gasteiger partial charge in [0.25, 0.3) is 0 Å². The van der Waals surface area contributed by atoms with Crippen LogP contribution in [0.2, 0.25) is 0 Å². The highest BCUT2D eigenvalue weighted by Gasteiger charge is 2.22. The Morgan fingerprint density at radius 1 is 1.43 bits per heavy atom. The third-order valence-electron chi connectivity index (χ3n) is 2.44. The molecule has 1 unspecified atom stereocenters. The molecule has 0 aliphatic rings. The molecule has 0 aliphatic carbocycles. The predicted octanol–water partition coefficient (Wildman–Crippen LogP) is 1.38. The molecule has 0 saturated carbocycles. The Morgan fingerprint density at radius 3 is 2.57 bits per heavy atom. The quantitative estimate of drug-likeness (QED) is 0.770. The molecule has 3 nitrogen and oxygen atoms in total. The number of hydrogen-bond acceptors (Lipinski definition) is 3. The van der Waals surface area contributed by atoms with Crippen LogP contribution in [0.3, 0.4) is 0 Å². The molecule has 0 bridgehead atoms. The smallest absolute Gasteiger partial charge is 0.0645 e. The van der Waals surface area contributed by atoms with Gasteiger partial charge in [0, 0.05) is 25.0 Å². The molecule has 0 spiro atoms. The van der Waals surface area contributed by atoms with Crippen LogP contribution in [0, 0.1) is 0 Å². The van der Waals surface area contributed by atoms with Gasteiger partial charge in [0.05, 0.1) is 6.61 Å². The fourth-order valence-corrected chi connectivity index (χ4v) is 1.47. The van der Waals surface area contributed by atoms with E-state index in [1.165, 1.54) is 5.56 Å².